The topological polar surface area (TPSA) is 103 Å². The van der Waals surface area contributed by atoms with Crippen LogP contribution < -0.4 is 5.32 Å². The fourth-order valence-electron chi connectivity index (χ4n) is 5.45. The lowest BCUT2D eigenvalue weighted by Gasteiger charge is -2.44. The molecule has 0 spiro atoms. The van der Waals surface area contributed by atoms with Crippen LogP contribution in [0.1, 0.15) is 41.7 Å². The second kappa shape index (κ2) is 10.5. The summed E-state index contributed by atoms with van der Waals surface area (Å²) in [5.74, 6) is -2.89. The van der Waals surface area contributed by atoms with Gasteiger partial charge in [0.1, 0.15) is 22.9 Å². The number of piperidine rings is 1. The Labute approximate surface area is 212 Å². The van der Waals surface area contributed by atoms with Crippen LogP contribution in [0.2, 0.25) is 5.02 Å². The largest absolute Gasteiger partial charge is 0.465 e. The molecule has 1 aromatic heterocycles. The Balaban J connectivity index is 1.60. The molecular formula is C25H27ClF2N4O4. The maximum Gasteiger partial charge on any atom is 0.408 e. The van der Waals surface area contributed by atoms with Crippen LogP contribution in [0.25, 0.3) is 0 Å². The fourth-order valence-corrected chi connectivity index (χ4v) is 5.57. The number of pyridine rings is 1. The van der Waals surface area contributed by atoms with Gasteiger partial charge in [-0.15, -0.1) is 0 Å². The molecule has 36 heavy (non-hydrogen) atoms. The number of amides is 2. The second-order valence-corrected chi connectivity index (χ2v) is 9.51. The molecule has 0 bridgehead atoms. The smallest absolute Gasteiger partial charge is 0.408 e. The summed E-state index contributed by atoms with van der Waals surface area (Å²) in [5, 5.41) is 13.1. The highest BCUT2D eigenvalue weighted by atomic mass is 35.5. The zero-order valence-corrected chi connectivity index (χ0v) is 20.5. The summed E-state index contributed by atoms with van der Waals surface area (Å²) in [6.45, 7) is 2.68. The highest BCUT2D eigenvalue weighted by Crippen LogP contribution is 2.41. The summed E-state index contributed by atoms with van der Waals surface area (Å²) >= 11 is 5.86. The Bertz CT molecular complexity index is 1160. The highest BCUT2D eigenvalue weighted by molar-refractivity contribution is 6.30. The summed E-state index contributed by atoms with van der Waals surface area (Å²) in [7, 11) is 0. The van der Waals surface area contributed by atoms with Gasteiger partial charge in [0.05, 0.1) is 11.2 Å². The predicted molar refractivity (Wildman–Crippen MR) is 128 cm³/mol. The monoisotopic (exact) mass is 520 g/mol. The van der Waals surface area contributed by atoms with Gasteiger partial charge >= 0.3 is 6.09 Å². The number of aromatic nitrogens is 1. The molecule has 2 atom stereocenters. The number of hydrogen-bond acceptors (Lipinski definition) is 5. The molecule has 8 nitrogen and oxygen atoms in total. The number of likely N-dealkylation sites (tertiary alicyclic amines) is 1. The third-order valence-electron chi connectivity index (χ3n) is 7.22. The third-order valence-corrected chi connectivity index (χ3v) is 7.53. The van der Waals surface area contributed by atoms with E-state index in [2.05, 4.69) is 10.3 Å². The number of carboxylic acid groups (broad SMARTS) is 1. The number of nitrogens with one attached hydrogen (secondary N) is 1. The van der Waals surface area contributed by atoms with Crippen LogP contribution in [0.3, 0.4) is 0 Å². The molecule has 0 radical (unpaired) electrons. The third kappa shape index (κ3) is 4.67. The van der Waals surface area contributed by atoms with Gasteiger partial charge in [0.15, 0.2) is 5.78 Å². The molecule has 11 heteroatoms. The number of rotatable bonds is 6. The Kier molecular flexibility index (Phi) is 7.56. The molecule has 2 saturated heterocycles. The van der Waals surface area contributed by atoms with Crippen LogP contribution in [0.5, 0.6) is 0 Å². The van der Waals surface area contributed by atoms with Crippen molar-refractivity contribution in [3.63, 3.8) is 0 Å². The molecule has 2 aliphatic heterocycles. The Hall–Kier alpha value is -3.11. The number of likely N-dealkylation sites (N-methyl/N-ethyl adjacent to an activating group) is 1. The van der Waals surface area contributed by atoms with Gasteiger partial charge in [-0.3, -0.25) is 14.5 Å². The van der Waals surface area contributed by atoms with Crippen molar-refractivity contribution in [2.24, 2.45) is 5.92 Å². The number of ketones is 1. The summed E-state index contributed by atoms with van der Waals surface area (Å²) < 4.78 is 27.5. The van der Waals surface area contributed by atoms with Crippen LogP contribution >= 0.6 is 11.6 Å². The molecule has 2 fully saturated rings. The quantitative estimate of drug-likeness (QED) is 0.604. The number of benzene rings is 1. The minimum absolute atomic E-state index is 0.0556. The zero-order chi connectivity index (χ0) is 26.0. The molecule has 192 valence electrons. The predicted octanol–water partition coefficient (Wildman–Crippen LogP) is 3.56. The van der Waals surface area contributed by atoms with Crippen molar-refractivity contribution in [1.82, 2.24) is 20.1 Å². The van der Waals surface area contributed by atoms with Crippen LogP contribution in [-0.2, 0) is 4.79 Å². The van der Waals surface area contributed by atoms with Crippen molar-refractivity contribution >= 4 is 29.4 Å². The SMILES string of the molecule is CCN(C(=O)O)[C@]1(C(=O)C2CCN(C(=O)c3ccc(F)cn3)CC2)CNC[C@H]1c1ccc(Cl)c(F)c1. The molecule has 0 saturated carbocycles. The van der Waals surface area contributed by atoms with E-state index < -0.39 is 35.1 Å². The lowest BCUT2D eigenvalue weighted by molar-refractivity contribution is -0.135. The van der Waals surface area contributed by atoms with E-state index in [1.165, 1.54) is 24.3 Å². The fraction of sp³-hybridized carbons (Fsp3) is 0.440. The first-order chi connectivity index (χ1) is 17.2. The first-order valence-electron chi connectivity index (χ1n) is 11.8. The second-order valence-electron chi connectivity index (χ2n) is 9.10. The number of Topliss-reactive ketones (excluding diaryl/α,β-unsaturated/α-hetero) is 1. The molecule has 0 aliphatic carbocycles. The molecular weight excluding hydrogens is 494 g/mol. The van der Waals surface area contributed by atoms with E-state index in [-0.39, 0.29) is 48.6 Å². The van der Waals surface area contributed by atoms with E-state index in [4.69, 9.17) is 11.6 Å². The number of carbonyl (C=O) groups excluding carboxylic acids is 2. The summed E-state index contributed by atoms with van der Waals surface area (Å²) in [4.78, 5) is 45.7. The Morgan fingerprint density at radius 3 is 2.53 bits per heavy atom. The molecule has 4 rings (SSSR count). The van der Waals surface area contributed by atoms with E-state index in [1.807, 2.05) is 0 Å². The van der Waals surface area contributed by atoms with Gasteiger partial charge in [-0.2, -0.15) is 0 Å². The van der Waals surface area contributed by atoms with Gasteiger partial charge in [0.2, 0.25) is 0 Å². The van der Waals surface area contributed by atoms with Gasteiger partial charge < -0.3 is 15.3 Å². The molecule has 3 heterocycles. The van der Waals surface area contributed by atoms with Gasteiger partial charge in [-0.05, 0) is 49.6 Å². The summed E-state index contributed by atoms with van der Waals surface area (Å²) in [6, 6.07) is 6.77. The minimum atomic E-state index is -1.43. The van der Waals surface area contributed by atoms with Crippen molar-refractivity contribution in [3.05, 3.63) is 64.4 Å². The van der Waals surface area contributed by atoms with Crippen molar-refractivity contribution < 1.29 is 28.3 Å². The first kappa shape index (κ1) is 26.0. The van der Waals surface area contributed by atoms with E-state index in [0.717, 1.165) is 11.1 Å². The molecule has 2 aromatic rings. The van der Waals surface area contributed by atoms with Crippen molar-refractivity contribution in [2.45, 2.75) is 31.2 Å². The molecule has 2 amide bonds. The number of nitrogens with zero attached hydrogens (tertiary/aromatic N) is 3. The maximum atomic E-state index is 14.3. The van der Waals surface area contributed by atoms with Crippen LogP contribution in [0, 0.1) is 17.6 Å². The summed E-state index contributed by atoms with van der Waals surface area (Å²) in [6.07, 6.45) is 0.424. The lowest BCUT2D eigenvalue weighted by atomic mass is 9.71. The zero-order valence-electron chi connectivity index (χ0n) is 19.7. The van der Waals surface area contributed by atoms with Crippen molar-refractivity contribution in [1.29, 1.82) is 0 Å². The van der Waals surface area contributed by atoms with Crippen molar-refractivity contribution in [2.75, 3.05) is 32.7 Å². The van der Waals surface area contributed by atoms with E-state index in [0.29, 0.717) is 24.9 Å². The number of halogens is 3. The minimum Gasteiger partial charge on any atom is -0.465 e. The molecule has 2 N–H and O–H groups in total. The van der Waals surface area contributed by atoms with E-state index >= 15 is 0 Å². The van der Waals surface area contributed by atoms with E-state index in [9.17, 15) is 28.3 Å². The van der Waals surface area contributed by atoms with Crippen LogP contribution in [0.15, 0.2) is 36.5 Å². The standard InChI is InChI=1S/C25H27ClF2N4O4/c1-2-32(24(35)36)25(14-29-13-18(25)16-3-5-19(26)20(28)11-16)22(33)15-7-9-31(10-8-15)23(34)21-6-4-17(27)12-30-21/h3-6,11-12,15,18,29H,2,7-10,13-14H2,1H3,(H,35,36)/t18-,25+/m0/s1. The number of hydrogen-bond donors (Lipinski definition) is 2. The first-order valence-corrected chi connectivity index (χ1v) is 12.2. The maximum absolute atomic E-state index is 14.3. The molecule has 2 aliphatic rings. The average molecular weight is 521 g/mol. The van der Waals surface area contributed by atoms with Gasteiger partial charge in [0.25, 0.3) is 5.91 Å². The highest BCUT2D eigenvalue weighted by Gasteiger charge is 2.56. The lowest BCUT2D eigenvalue weighted by Crippen LogP contribution is -2.63. The average Bonchev–Trinajstić information content (AvgIpc) is 3.31. The number of carbonyl (C=O) groups is 3. The Morgan fingerprint density at radius 1 is 1.22 bits per heavy atom. The summed E-state index contributed by atoms with van der Waals surface area (Å²) in [5.41, 5.74) is -0.827. The normalized spacial score (nSPS) is 22.4. The van der Waals surface area contributed by atoms with Crippen LogP contribution in [-0.4, -0.2) is 75.9 Å². The molecule has 0 unspecified atom stereocenters. The van der Waals surface area contributed by atoms with Gasteiger partial charge in [0, 0.05) is 44.6 Å². The van der Waals surface area contributed by atoms with Gasteiger partial charge in [-0.1, -0.05) is 17.7 Å². The van der Waals surface area contributed by atoms with Crippen LogP contribution in [0.4, 0.5) is 13.6 Å². The van der Waals surface area contributed by atoms with E-state index in [1.54, 1.807) is 17.9 Å². The Morgan fingerprint density at radius 2 is 1.94 bits per heavy atom. The molecule has 1 aromatic carbocycles. The van der Waals surface area contributed by atoms with Gasteiger partial charge in [-0.25, -0.2) is 18.6 Å². The van der Waals surface area contributed by atoms with Crippen molar-refractivity contribution in [3.8, 4) is 0 Å².